The summed E-state index contributed by atoms with van der Waals surface area (Å²) >= 11 is 1.54. The number of benzene rings is 1. The molecule has 0 aliphatic rings. The molecule has 0 saturated heterocycles. The van der Waals surface area contributed by atoms with Crippen LogP contribution in [-0.4, -0.2) is 16.7 Å². The fourth-order valence-corrected chi connectivity index (χ4v) is 3.15. The number of aliphatic hydroxyl groups excluding tert-OH is 1. The number of aliphatic hydroxyl groups is 1. The Morgan fingerprint density at radius 3 is 2.61 bits per heavy atom. The van der Waals surface area contributed by atoms with E-state index in [1.165, 1.54) is 6.07 Å². The van der Waals surface area contributed by atoms with Gasteiger partial charge in [0.1, 0.15) is 0 Å². The van der Waals surface area contributed by atoms with Gasteiger partial charge in [0.05, 0.1) is 16.8 Å². The van der Waals surface area contributed by atoms with Gasteiger partial charge in [-0.2, -0.15) is 24.5 Å². The molecular formula is C17H14F3NOS. The molecule has 1 N–H and O–H groups in total. The average Bonchev–Trinajstić information content (AvgIpc) is 3.04. The summed E-state index contributed by atoms with van der Waals surface area (Å²) in [5.41, 5.74) is 2.43. The van der Waals surface area contributed by atoms with E-state index in [-0.39, 0.29) is 6.61 Å². The highest BCUT2D eigenvalue weighted by Gasteiger charge is 2.30. The van der Waals surface area contributed by atoms with Gasteiger partial charge in [-0.25, -0.2) is 4.98 Å². The summed E-state index contributed by atoms with van der Waals surface area (Å²) in [6, 6.07) is 7.28. The van der Waals surface area contributed by atoms with Crippen molar-refractivity contribution in [3.8, 4) is 11.3 Å². The van der Waals surface area contributed by atoms with Crippen molar-refractivity contribution in [3.63, 3.8) is 0 Å². The second kappa shape index (κ2) is 6.29. The maximum absolute atomic E-state index is 12.9. The van der Waals surface area contributed by atoms with E-state index >= 15 is 0 Å². The zero-order valence-corrected chi connectivity index (χ0v) is 12.9. The summed E-state index contributed by atoms with van der Waals surface area (Å²) in [4.78, 5) is 4.55. The van der Waals surface area contributed by atoms with Crippen LogP contribution < -0.4 is 0 Å². The Bertz CT molecular complexity index is 813. The van der Waals surface area contributed by atoms with Crippen molar-refractivity contribution in [2.75, 3.05) is 6.61 Å². The monoisotopic (exact) mass is 337 g/mol. The minimum Gasteiger partial charge on any atom is -0.396 e. The summed E-state index contributed by atoms with van der Waals surface area (Å²) < 4.78 is 38.6. The van der Waals surface area contributed by atoms with Crippen LogP contribution >= 0.6 is 11.3 Å². The van der Waals surface area contributed by atoms with Gasteiger partial charge in [-0.1, -0.05) is 0 Å². The molecule has 2 nitrogen and oxygen atoms in total. The number of thiophene rings is 1. The van der Waals surface area contributed by atoms with E-state index in [2.05, 4.69) is 4.98 Å². The standard InChI is InChI=1S/C17H14F3NOS/c18-17(19,20)14-3-4-15-13(9-14)8-11(2-1-6-22)16(21-15)12-5-7-23-10-12/h3-5,7-10,22H,1-2,6H2. The Labute approximate surface area is 135 Å². The number of aryl methyl sites for hydroxylation is 1. The first kappa shape index (κ1) is 16.0. The van der Waals surface area contributed by atoms with Crippen LogP contribution in [0.2, 0.25) is 0 Å². The maximum atomic E-state index is 12.9. The molecule has 0 radical (unpaired) electrons. The van der Waals surface area contributed by atoms with Crippen LogP contribution in [0.25, 0.3) is 22.2 Å². The van der Waals surface area contributed by atoms with Crippen LogP contribution in [0.4, 0.5) is 13.2 Å². The minimum absolute atomic E-state index is 0.0315. The topological polar surface area (TPSA) is 33.1 Å². The number of fused-ring (bicyclic) bond motifs is 1. The van der Waals surface area contributed by atoms with Crippen LogP contribution in [-0.2, 0) is 12.6 Å². The molecule has 0 unspecified atom stereocenters. The third kappa shape index (κ3) is 3.38. The average molecular weight is 337 g/mol. The van der Waals surface area contributed by atoms with Crippen molar-refractivity contribution in [1.82, 2.24) is 4.98 Å². The molecule has 0 saturated carbocycles. The second-order valence-electron chi connectivity index (χ2n) is 5.24. The van der Waals surface area contributed by atoms with E-state index in [1.807, 2.05) is 16.8 Å². The number of rotatable bonds is 4. The third-order valence-electron chi connectivity index (χ3n) is 3.62. The number of alkyl halides is 3. The molecule has 0 fully saturated rings. The predicted molar refractivity (Wildman–Crippen MR) is 85.5 cm³/mol. The first-order valence-electron chi connectivity index (χ1n) is 7.13. The Morgan fingerprint density at radius 1 is 1.13 bits per heavy atom. The molecule has 0 aliphatic heterocycles. The molecule has 2 aromatic heterocycles. The lowest BCUT2D eigenvalue weighted by Crippen LogP contribution is -2.05. The number of hydrogen-bond acceptors (Lipinski definition) is 3. The van der Waals surface area contributed by atoms with Crippen LogP contribution in [0.15, 0.2) is 41.1 Å². The van der Waals surface area contributed by atoms with Gasteiger partial charge in [0.25, 0.3) is 0 Å². The molecule has 0 aliphatic carbocycles. The van der Waals surface area contributed by atoms with Crippen molar-refractivity contribution in [2.24, 2.45) is 0 Å². The zero-order chi connectivity index (χ0) is 16.4. The van der Waals surface area contributed by atoms with Crippen molar-refractivity contribution < 1.29 is 18.3 Å². The van der Waals surface area contributed by atoms with Gasteiger partial charge >= 0.3 is 6.18 Å². The van der Waals surface area contributed by atoms with Gasteiger partial charge in [0, 0.05) is 22.9 Å². The van der Waals surface area contributed by atoms with Gasteiger partial charge in [-0.15, -0.1) is 0 Å². The molecule has 1 aromatic carbocycles. The Morgan fingerprint density at radius 2 is 1.96 bits per heavy atom. The highest BCUT2D eigenvalue weighted by molar-refractivity contribution is 7.08. The summed E-state index contributed by atoms with van der Waals surface area (Å²) in [6.07, 6.45) is -3.25. The molecule has 0 atom stereocenters. The van der Waals surface area contributed by atoms with E-state index in [9.17, 15) is 13.2 Å². The fourth-order valence-electron chi connectivity index (χ4n) is 2.51. The fraction of sp³-hybridized carbons (Fsp3) is 0.235. The molecule has 0 amide bonds. The molecule has 120 valence electrons. The second-order valence-corrected chi connectivity index (χ2v) is 6.02. The number of aromatic nitrogens is 1. The van der Waals surface area contributed by atoms with E-state index in [4.69, 9.17) is 5.11 Å². The van der Waals surface area contributed by atoms with Gasteiger partial charge in [0.2, 0.25) is 0 Å². The zero-order valence-electron chi connectivity index (χ0n) is 12.1. The van der Waals surface area contributed by atoms with Crippen molar-refractivity contribution >= 4 is 22.2 Å². The predicted octanol–water partition coefficient (Wildman–Crippen LogP) is 4.91. The summed E-state index contributed by atoms with van der Waals surface area (Å²) in [6.45, 7) is 0.0315. The first-order chi connectivity index (χ1) is 11.0. The molecule has 0 bridgehead atoms. The molecule has 0 spiro atoms. The molecule has 23 heavy (non-hydrogen) atoms. The van der Waals surface area contributed by atoms with E-state index in [0.717, 1.165) is 29.0 Å². The number of pyridine rings is 1. The summed E-state index contributed by atoms with van der Waals surface area (Å²) in [7, 11) is 0. The quantitative estimate of drug-likeness (QED) is 0.734. The molecular weight excluding hydrogens is 323 g/mol. The van der Waals surface area contributed by atoms with Gasteiger partial charge in [0.15, 0.2) is 0 Å². The lowest BCUT2D eigenvalue weighted by atomic mass is 10.0. The largest absolute Gasteiger partial charge is 0.416 e. The summed E-state index contributed by atoms with van der Waals surface area (Å²) in [5.74, 6) is 0. The maximum Gasteiger partial charge on any atom is 0.416 e. The molecule has 3 rings (SSSR count). The first-order valence-corrected chi connectivity index (χ1v) is 8.07. The molecule has 6 heteroatoms. The van der Waals surface area contributed by atoms with E-state index in [0.29, 0.717) is 23.7 Å². The van der Waals surface area contributed by atoms with Crippen LogP contribution in [0.1, 0.15) is 17.5 Å². The molecule has 3 aromatic rings. The summed E-state index contributed by atoms with van der Waals surface area (Å²) in [5, 5.41) is 13.4. The Hall–Kier alpha value is -1.92. The third-order valence-corrected chi connectivity index (χ3v) is 4.30. The van der Waals surface area contributed by atoms with Crippen molar-refractivity contribution in [3.05, 3.63) is 52.2 Å². The normalized spacial score (nSPS) is 12.0. The minimum atomic E-state index is -4.37. The van der Waals surface area contributed by atoms with E-state index in [1.54, 1.807) is 17.4 Å². The number of nitrogens with zero attached hydrogens (tertiary/aromatic N) is 1. The van der Waals surface area contributed by atoms with Crippen LogP contribution in [0, 0.1) is 0 Å². The smallest absolute Gasteiger partial charge is 0.396 e. The van der Waals surface area contributed by atoms with Gasteiger partial charge in [-0.3, -0.25) is 0 Å². The number of hydrogen-bond donors (Lipinski definition) is 1. The van der Waals surface area contributed by atoms with Crippen LogP contribution in [0.5, 0.6) is 0 Å². The lowest BCUT2D eigenvalue weighted by Gasteiger charge is -2.12. The lowest BCUT2D eigenvalue weighted by molar-refractivity contribution is -0.137. The van der Waals surface area contributed by atoms with Crippen molar-refractivity contribution in [2.45, 2.75) is 19.0 Å². The Balaban J connectivity index is 2.15. The Kier molecular flexibility index (Phi) is 4.37. The van der Waals surface area contributed by atoms with Crippen molar-refractivity contribution in [1.29, 1.82) is 0 Å². The highest BCUT2D eigenvalue weighted by atomic mass is 32.1. The SMILES string of the molecule is OCCCc1cc2cc(C(F)(F)F)ccc2nc1-c1ccsc1. The van der Waals surface area contributed by atoms with Crippen LogP contribution in [0.3, 0.4) is 0 Å². The van der Waals surface area contributed by atoms with E-state index < -0.39 is 11.7 Å². The number of halogens is 3. The highest BCUT2D eigenvalue weighted by Crippen LogP contribution is 2.33. The van der Waals surface area contributed by atoms with Gasteiger partial charge < -0.3 is 5.11 Å². The van der Waals surface area contributed by atoms with Gasteiger partial charge in [-0.05, 0) is 54.1 Å². The molecule has 2 heterocycles.